The summed E-state index contributed by atoms with van der Waals surface area (Å²) in [5.74, 6) is 1.67. The molecule has 5 heteroatoms. The van der Waals surface area contributed by atoms with Crippen LogP contribution in [0.25, 0.3) is 12.2 Å². The number of hydrogen-bond acceptors (Lipinski definition) is 4. The first-order chi connectivity index (χ1) is 19.7. The van der Waals surface area contributed by atoms with Gasteiger partial charge in [0.05, 0.1) is 12.2 Å². The second-order valence-corrected chi connectivity index (χ2v) is 10.5. The van der Waals surface area contributed by atoms with Crippen molar-refractivity contribution in [2.75, 3.05) is 0 Å². The minimum atomic E-state index is -0.636. The molecule has 0 spiro atoms. The van der Waals surface area contributed by atoms with E-state index in [1.807, 2.05) is 113 Å². The maximum Gasteiger partial charge on any atom is 0.150 e. The van der Waals surface area contributed by atoms with Gasteiger partial charge in [-0.2, -0.15) is 0 Å². The van der Waals surface area contributed by atoms with Crippen LogP contribution >= 0.6 is 15.9 Å². The van der Waals surface area contributed by atoms with Crippen LogP contribution in [0.15, 0.2) is 115 Å². The largest absolute Gasteiger partial charge is 0.490 e. The van der Waals surface area contributed by atoms with Gasteiger partial charge in [0.2, 0.25) is 0 Å². The molecule has 0 fully saturated rings. The molecule has 0 aromatic heterocycles. The van der Waals surface area contributed by atoms with E-state index in [1.165, 1.54) is 0 Å². The second-order valence-electron chi connectivity index (χ2n) is 9.56. The Labute approximate surface area is 253 Å². The number of carbonyl (C=O) groups excluding carboxylic acids is 1. The van der Waals surface area contributed by atoms with Crippen molar-refractivity contribution < 1.29 is 19.4 Å². The topological polar surface area (TPSA) is 55.8 Å². The van der Waals surface area contributed by atoms with Gasteiger partial charge in [-0.3, -0.25) is 4.79 Å². The Morgan fingerprint density at radius 2 is 1.17 bits per heavy atom. The molecule has 1 atom stereocenters. The first kappa shape index (κ1) is 33.3. The lowest BCUT2D eigenvalue weighted by Gasteiger charge is -2.16. The average molecular weight is 616 g/mol. The molecule has 0 saturated carbocycles. The van der Waals surface area contributed by atoms with Crippen LogP contribution in [0.1, 0.15) is 66.4 Å². The number of aliphatic hydroxyl groups is 1. The summed E-state index contributed by atoms with van der Waals surface area (Å²) in [4.78, 5) is 10.0. The molecule has 4 aromatic rings. The van der Waals surface area contributed by atoms with Crippen molar-refractivity contribution in [3.8, 4) is 11.5 Å². The Balaban J connectivity index is 0.000000239. The summed E-state index contributed by atoms with van der Waals surface area (Å²) >= 11 is 3.40. The fourth-order valence-electron chi connectivity index (χ4n) is 3.66. The van der Waals surface area contributed by atoms with Crippen molar-refractivity contribution in [2.24, 2.45) is 0 Å². The van der Waals surface area contributed by atoms with E-state index in [0.717, 1.165) is 50.1 Å². The molecular formula is C36H39BrO4. The van der Waals surface area contributed by atoms with Gasteiger partial charge in [-0.1, -0.05) is 108 Å². The highest BCUT2D eigenvalue weighted by Gasteiger charge is 2.12. The predicted octanol–water partition coefficient (Wildman–Crippen LogP) is 9.58. The second kappa shape index (κ2) is 17.7. The van der Waals surface area contributed by atoms with E-state index < -0.39 is 6.10 Å². The van der Waals surface area contributed by atoms with Crippen molar-refractivity contribution in [2.45, 2.75) is 46.0 Å². The van der Waals surface area contributed by atoms with Crippen LogP contribution in [0.5, 0.6) is 11.5 Å². The van der Waals surface area contributed by atoms with Crippen LogP contribution in [0.2, 0.25) is 0 Å². The fraction of sp³-hybridized carbons (Fsp3) is 0.194. The van der Waals surface area contributed by atoms with Gasteiger partial charge in [0.25, 0.3) is 0 Å². The summed E-state index contributed by atoms with van der Waals surface area (Å²) in [5, 5.41) is 10.4. The zero-order valence-corrected chi connectivity index (χ0v) is 25.8. The first-order valence-electron chi connectivity index (χ1n) is 13.4. The summed E-state index contributed by atoms with van der Waals surface area (Å²) in [5.41, 5.74) is 4.35. The standard InChI is InChI=1S/C18H20O2.C11H13BrO.C7H6O/c1-4-14-12-16(10-11-17(14)20-13(2)3)18(19)15-8-6-5-7-9-15;1-4-9-7-10(12)5-6-11(9)13-8(2)3;8-6-7-4-2-1-3-5-7/h4-13,18-19H,1H2,2-3H3;4-8H,1H2,2-3H3;1-6H. The van der Waals surface area contributed by atoms with Crippen LogP contribution in [0, 0.1) is 0 Å². The summed E-state index contributed by atoms with van der Waals surface area (Å²) < 4.78 is 12.4. The number of hydrogen-bond donors (Lipinski definition) is 1. The molecule has 4 rings (SSSR count). The third-order valence-corrected chi connectivity index (χ3v) is 6.03. The molecule has 4 nitrogen and oxygen atoms in total. The third-order valence-electron chi connectivity index (χ3n) is 5.54. The van der Waals surface area contributed by atoms with Crippen molar-refractivity contribution in [1.29, 1.82) is 0 Å². The smallest absolute Gasteiger partial charge is 0.150 e. The molecule has 0 bridgehead atoms. The molecule has 0 amide bonds. The summed E-state index contributed by atoms with van der Waals surface area (Å²) in [6.07, 6.45) is 4.04. The van der Waals surface area contributed by atoms with Gasteiger partial charge in [-0.15, -0.1) is 0 Å². The van der Waals surface area contributed by atoms with Crippen LogP contribution in [0.3, 0.4) is 0 Å². The lowest BCUT2D eigenvalue weighted by Crippen LogP contribution is -2.07. The van der Waals surface area contributed by atoms with Gasteiger partial charge in [-0.25, -0.2) is 0 Å². The Hall–Kier alpha value is -3.93. The van der Waals surface area contributed by atoms with Crippen LogP contribution in [-0.2, 0) is 0 Å². The highest BCUT2D eigenvalue weighted by molar-refractivity contribution is 9.10. The number of rotatable bonds is 9. The van der Waals surface area contributed by atoms with Gasteiger partial charge in [-0.05, 0) is 69.2 Å². The van der Waals surface area contributed by atoms with E-state index in [0.29, 0.717) is 0 Å². The van der Waals surface area contributed by atoms with E-state index in [2.05, 4.69) is 29.1 Å². The maximum atomic E-state index is 10.4. The molecule has 0 aliphatic rings. The van der Waals surface area contributed by atoms with Crippen molar-refractivity contribution in [3.05, 3.63) is 143 Å². The number of aliphatic hydroxyl groups excluding tert-OH is 1. The fourth-order valence-corrected chi connectivity index (χ4v) is 4.04. The molecule has 0 radical (unpaired) electrons. The van der Waals surface area contributed by atoms with Gasteiger partial charge in [0, 0.05) is 21.2 Å². The number of ether oxygens (including phenoxy) is 2. The van der Waals surface area contributed by atoms with E-state index >= 15 is 0 Å². The Bertz CT molecular complexity index is 1370. The summed E-state index contributed by atoms with van der Waals surface area (Å²) in [7, 11) is 0. The summed E-state index contributed by atoms with van der Waals surface area (Å²) in [6.45, 7) is 15.5. The van der Waals surface area contributed by atoms with Gasteiger partial charge in [0.1, 0.15) is 23.9 Å². The van der Waals surface area contributed by atoms with Gasteiger partial charge in [0.15, 0.2) is 0 Å². The van der Waals surface area contributed by atoms with Crippen LogP contribution < -0.4 is 9.47 Å². The molecular weight excluding hydrogens is 576 g/mol. The summed E-state index contributed by atoms with van der Waals surface area (Å²) in [6, 6.07) is 30.3. The first-order valence-corrected chi connectivity index (χ1v) is 14.2. The zero-order chi connectivity index (χ0) is 30.2. The zero-order valence-electron chi connectivity index (χ0n) is 24.2. The maximum absolute atomic E-state index is 10.4. The minimum Gasteiger partial charge on any atom is -0.490 e. The predicted molar refractivity (Wildman–Crippen MR) is 175 cm³/mol. The van der Waals surface area contributed by atoms with Crippen molar-refractivity contribution in [3.63, 3.8) is 0 Å². The number of carbonyl (C=O) groups is 1. The highest BCUT2D eigenvalue weighted by Crippen LogP contribution is 2.28. The lowest BCUT2D eigenvalue weighted by atomic mass is 9.99. The minimum absolute atomic E-state index is 0.110. The molecule has 0 saturated heterocycles. The van der Waals surface area contributed by atoms with Gasteiger partial charge >= 0.3 is 0 Å². The SMILES string of the molecule is C=Cc1cc(Br)ccc1OC(C)C.C=Cc1cc(C(O)c2ccccc2)ccc1OC(C)C.O=Cc1ccccc1. The molecule has 0 aliphatic carbocycles. The number of aldehydes is 1. The van der Waals surface area contributed by atoms with E-state index in [4.69, 9.17) is 9.47 Å². The van der Waals surface area contributed by atoms with Crippen molar-refractivity contribution >= 4 is 34.4 Å². The normalized spacial score (nSPS) is 10.8. The van der Waals surface area contributed by atoms with E-state index in [9.17, 15) is 9.90 Å². The Morgan fingerprint density at radius 1 is 0.683 bits per heavy atom. The number of halogens is 1. The number of benzene rings is 4. The average Bonchev–Trinajstić information content (AvgIpc) is 2.99. The molecule has 1 unspecified atom stereocenters. The molecule has 1 N–H and O–H groups in total. The van der Waals surface area contributed by atoms with Crippen molar-refractivity contribution in [1.82, 2.24) is 0 Å². The Morgan fingerprint density at radius 3 is 1.63 bits per heavy atom. The monoisotopic (exact) mass is 614 g/mol. The third kappa shape index (κ3) is 11.6. The molecule has 0 heterocycles. The molecule has 214 valence electrons. The van der Waals surface area contributed by atoms with Crippen LogP contribution in [-0.4, -0.2) is 23.6 Å². The molecule has 0 aliphatic heterocycles. The molecule has 4 aromatic carbocycles. The van der Waals surface area contributed by atoms with E-state index in [1.54, 1.807) is 24.3 Å². The Kier molecular flexibility index (Phi) is 14.4. The lowest BCUT2D eigenvalue weighted by molar-refractivity contribution is 0.112. The highest BCUT2D eigenvalue weighted by atomic mass is 79.9. The molecule has 41 heavy (non-hydrogen) atoms. The quantitative estimate of drug-likeness (QED) is 0.191. The van der Waals surface area contributed by atoms with Crippen LogP contribution in [0.4, 0.5) is 0 Å². The van der Waals surface area contributed by atoms with E-state index in [-0.39, 0.29) is 12.2 Å². The van der Waals surface area contributed by atoms with Gasteiger partial charge < -0.3 is 14.6 Å².